The van der Waals surface area contributed by atoms with Gasteiger partial charge >= 0.3 is 7.82 Å². The zero-order valence-electron chi connectivity index (χ0n) is 8.93. The molecule has 0 heterocycles. The Morgan fingerprint density at radius 1 is 1.47 bits per heavy atom. The fourth-order valence-corrected chi connectivity index (χ4v) is 2.27. The zero-order valence-corrected chi connectivity index (χ0v) is 10.6. The molecule has 0 radical (unpaired) electrons. The molecule has 0 aromatic heterocycles. The molecular formula is C8H14NO4PS. The van der Waals surface area contributed by atoms with Crippen LogP contribution in [-0.4, -0.2) is 13.2 Å². The molecule has 0 saturated carbocycles. The number of nitrogens with zero attached hydrogens (tertiary/aromatic N) is 1. The van der Waals surface area contributed by atoms with Crippen molar-refractivity contribution in [2.75, 3.05) is 13.2 Å². The fourth-order valence-electron chi connectivity index (χ4n) is 0.713. The van der Waals surface area contributed by atoms with Crippen LogP contribution in [0.25, 0.3) is 0 Å². The second-order valence-electron chi connectivity index (χ2n) is 2.31. The summed E-state index contributed by atoms with van der Waals surface area (Å²) in [5.74, 6) is 0.326. The molecule has 0 atom stereocenters. The van der Waals surface area contributed by atoms with Crippen molar-refractivity contribution in [1.82, 2.24) is 0 Å². The first-order valence-electron chi connectivity index (χ1n) is 4.38. The van der Waals surface area contributed by atoms with E-state index in [1.807, 2.05) is 5.40 Å². The van der Waals surface area contributed by atoms with Gasteiger partial charge in [-0.1, -0.05) is 0 Å². The third-order valence-electron chi connectivity index (χ3n) is 1.11. The van der Waals surface area contributed by atoms with Crippen molar-refractivity contribution >= 4 is 19.6 Å². The number of thiocyanates is 1. The Balaban J connectivity index is 4.41. The molecule has 0 aromatic rings. The summed E-state index contributed by atoms with van der Waals surface area (Å²) in [6.45, 7) is 5.43. The Labute approximate surface area is 94.0 Å². The topological polar surface area (TPSA) is 68.6 Å². The molecule has 0 saturated heterocycles. The van der Waals surface area contributed by atoms with Gasteiger partial charge in [0.15, 0.2) is 0 Å². The molecule has 0 aliphatic heterocycles. The highest BCUT2D eigenvalue weighted by molar-refractivity contribution is 8.06. The van der Waals surface area contributed by atoms with E-state index in [-0.39, 0.29) is 13.2 Å². The summed E-state index contributed by atoms with van der Waals surface area (Å²) >= 11 is 0.879. The van der Waals surface area contributed by atoms with Crippen molar-refractivity contribution in [2.24, 2.45) is 0 Å². The van der Waals surface area contributed by atoms with E-state index >= 15 is 0 Å². The van der Waals surface area contributed by atoms with E-state index in [9.17, 15) is 4.57 Å². The Morgan fingerprint density at radius 2 is 2.00 bits per heavy atom. The van der Waals surface area contributed by atoms with E-state index in [4.69, 9.17) is 18.8 Å². The van der Waals surface area contributed by atoms with Gasteiger partial charge in [0.25, 0.3) is 0 Å². The molecule has 0 unspecified atom stereocenters. The van der Waals surface area contributed by atoms with Crippen LogP contribution in [0, 0.1) is 10.7 Å². The largest absolute Gasteiger partial charge is 0.529 e. The molecule has 0 aromatic carbocycles. The summed E-state index contributed by atoms with van der Waals surface area (Å²) in [4.78, 5) is 0. The van der Waals surface area contributed by atoms with Crippen LogP contribution >= 0.6 is 19.6 Å². The van der Waals surface area contributed by atoms with Crippen molar-refractivity contribution in [3.8, 4) is 5.40 Å². The van der Waals surface area contributed by atoms with Gasteiger partial charge in [-0.2, -0.15) is 5.26 Å². The van der Waals surface area contributed by atoms with E-state index in [1.165, 1.54) is 5.41 Å². The lowest BCUT2D eigenvalue weighted by molar-refractivity contribution is 0.146. The number of rotatable bonds is 7. The second-order valence-corrected chi connectivity index (χ2v) is 4.56. The number of phosphoric ester groups is 1. The van der Waals surface area contributed by atoms with Crippen molar-refractivity contribution < 1.29 is 18.1 Å². The van der Waals surface area contributed by atoms with Crippen LogP contribution in [0.5, 0.6) is 0 Å². The Bertz CT molecular complexity index is 290. The van der Waals surface area contributed by atoms with Gasteiger partial charge in [0.1, 0.15) is 11.2 Å². The molecule has 15 heavy (non-hydrogen) atoms. The predicted octanol–water partition coefficient (Wildman–Crippen LogP) is 3.26. The minimum Gasteiger partial charge on any atom is -0.408 e. The van der Waals surface area contributed by atoms with E-state index in [0.29, 0.717) is 5.76 Å². The van der Waals surface area contributed by atoms with Gasteiger partial charge in [-0.15, -0.1) is 0 Å². The average molecular weight is 251 g/mol. The molecule has 0 aliphatic rings. The van der Waals surface area contributed by atoms with E-state index in [2.05, 4.69) is 0 Å². The van der Waals surface area contributed by atoms with Crippen molar-refractivity contribution in [3.05, 3.63) is 11.2 Å². The number of hydrogen-bond acceptors (Lipinski definition) is 6. The number of phosphoric acid groups is 1. The maximum Gasteiger partial charge on any atom is 0.529 e. The van der Waals surface area contributed by atoms with Crippen LogP contribution in [-0.2, 0) is 18.1 Å². The lowest BCUT2D eigenvalue weighted by Gasteiger charge is -2.16. The molecule has 86 valence electrons. The minimum absolute atomic E-state index is 0.232. The van der Waals surface area contributed by atoms with Crippen LogP contribution in [0.1, 0.15) is 20.8 Å². The maximum atomic E-state index is 11.8. The number of hydrogen-bond donors (Lipinski definition) is 0. The van der Waals surface area contributed by atoms with Crippen LogP contribution in [0.3, 0.4) is 0 Å². The summed E-state index contributed by atoms with van der Waals surface area (Å²) in [5.41, 5.74) is 0. The number of thioether (sulfide) groups is 1. The molecule has 0 amide bonds. The lowest BCUT2D eigenvalue weighted by Crippen LogP contribution is -1.98. The van der Waals surface area contributed by atoms with Gasteiger partial charge in [0, 0.05) is 5.41 Å². The van der Waals surface area contributed by atoms with Crippen LogP contribution < -0.4 is 0 Å². The van der Waals surface area contributed by atoms with E-state index in [0.717, 1.165) is 11.8 Å². The van der Waals surface area contributed by atoms with Crippen molar-refractivity contribution in [1.29, 1.82) is 5.26 Å². The molecule has 0 bridgehead atoms. The van der Waals surface area contributed by atoms with Crippen LogP contribution in [0.4, 0.5) is 0 Å². The molecule has 0 aliphatic carbocycles. The fraction of sp³-hybridized carbons (Fsp3) is 0.625. The summed E-state index contributed by atoms with van der Waals surface area (Å²) in [6.07, 6.45) is 0. The normalized spacial score (nSPS) is 12.3. The monoisotopic (exact) mass is 251 g/mol. The zero-order chi connectivity index (χ0) is 11.7. The molecule has 0 spiro atoms. The second kappa shape index (κ2) is 7.77. The molecule has 0 rings (SSSR count). The third kappa shape index (κ3) is 6.58. The SMILES string of the molecule is CCOP(=O)(OCC)O/C(C)=C\SC#N. The minimum atomic E-state index is -3.51. The number of allylic oxidation sites excluding steroid dienone is 1. The summed E-state index contributed by atoms with van der Waals surface area (Å²) in [6, 6.07) is 0. The van der Waals surface area contributed by atoms with Gasteiger partial charge in [-0.3, -0.25) is 9.05 Å². The summed E-state index contributed by atoms with van der Waals surface area (Å²) in [7, 11) is -3.51. The van der Waals surface area contributed by atoms with Gasteiger partial charge < -0.3 is 4.52 Å². The van der Waals surface area contributed by atoms with Gasteiger partial charge in [0.05, 0.1) is 13.2 Å². The first kappa shape index (κ1) is 14.5. The molecule has 0 N–H and O–H groups in total. The molecule has 5 nitrogen and oxygen atoms in total. The predicted molar refractivity (Wildman–Crippen MR) is 58.9 cm³/mol. The Hall–Kier alpha value is -0.470. The summed E-state index contributed by atoms with van der Waals surface area (Å²) in [5, 5.41) is 11.6. The first-order valence-corrected chi connectivity index (χ1v) is 6.72. The smallest absolute Gasteiger partial charge is 0.408 e. The average Bonchev–Trinajstić information content (AvgIpc) is 2.15. The number of nitriles is 1. The van der Waals surface area contributed by atoms with Gasteiger partial charge in [-0.25, -0.2) is 4.57 Å². The van der Waals surface area contributed by atoms with Crippen molar-refractivity contribution in [3.63, 3.8) is 0 Å². The highest BCUT2D eigenvalue weighted by atomic mass is 32.2. The van der Waals surface area contributed by atoms with Gasteiger partial charge in [0.2, 0.25) is 0 Å². The third-order valence-corrected chi connectivity index (χ3v) is 3.32. The van der Waals surface area contributed by atoms with Crippen LogP contribution in [0.15, 0.2) is 11.2 Å². The van der Waals surface area contributed by atoms with E-state index in [1.54, 1.807) is 20.8 Å². The first-order chi connectivity index (χ1) is 7.08. The molecular weight excluding hydrogens is 237 g/mol. The Kier molecular flexibility index (Phi) is 7.53. The van der Waals surface area contributed by atoms with Crippen molar-refractivity contribution in [2.45, 2.75) is 20.8 Å². The maximum absolute atomic E-state index is 11.8. The molecule has 0 fully saturated rings. The van der Waals surface area contributed by atoms with Gasteiger partial charge in [-0.05, 0) is 32.5 Å². The summed E-state index contributed by atoms with van der Waals surface area (Å²) < 4.78 is 26.6. The van der Waals surface area contributed by atoms with E-state index < -0.39 is 7.82 Å². The standard InChI is InChI=1S/C8H14NO4PS/c1-4-11-14(10,12-5-2)13-8(3)6-15-7-9/h6H,4-5H2,1-3H3/b8-6-. The lowest BCUT2D eigenvalue weighted by atomic mass is 10.7. The highest BCUT2D eigenvalue weighted by Crippen LogP contribution is 2.51. The quantitative estimate of drug-likeness (QED) is 0.393. The Morgan fingerprint density at radius 3 is 2.40 bits per heavy atom. The van der Waals surface area contributed by atoms with Crippen LogP contribution in [0.2, 0.25) is 0 Å². The highest BCUT2D eigenvalue weighted by Gasteiger charge is 2.26. The molecule has 7 heteroatoms.